The van der Waals surface area contributed by atoms with Crippen molar-refractivity contribution in [2.45, 2.75) is 19.4 Å². The first-order chi connectivity index (χ1) is 9.31. The molecule has 2 N–H and O–H groups in total. The molecule has 0 spiro atoms. The van der Waals surface area contributed by atoms with Crippen molar-refractivity contribution in [3.05, 3.63) is 24.0 Å². The van der Waals surface area contributed by atoms with E-state index in [1.165, 1.54) is 0 Å². The molecule has 1 saturated heterocycles. The van der Waals surface area contributed by atoms with Crippen molar-refractivity contribution in [2.24, 2.45) is 5.73 Å². The molecule has 5 heteroatoms. The molecule has 0 aromatic carbocycles. The summed E-state index contributed by atoms with van der Waals surface area (Å²) in [6.07, 6.45) is 2.71. The molecule has 1 aliphatic rings. The summed E-state index contributed by atoms with van der Waals surface area (Å²) in [5.41, 5.74) is 6.49. The molecule has 0 amide bonds. The van der Waals surface area contributed by atoms with E-state index in [1.54, 1.807) is 6.20 Å². The summed E-state index contributed by atoms with van der Waals surface area (Å²) in [4.78, 5) is 6.68. The maximum atomic E-state index is 5.73. The van der Waals surface area contributed by atoms with Gasteiger partial charge in [-0.05, 0) is 25.2 Å². The fraction of sp³-hybridized carbons (Fsp3) is 0.643. The predicted octanol–water partition coefficient (Wildman–Crippen LogP) is 0.682. The Labute approximate surface area is 114 Å². The SMILES string of the molecule is CCN1CCOC(COc2ccc(CCN)nc2)C1. The molecule has 1 unspecified atom stereocenters. The predicted molar refractivity (Wildman–Crippen MR) is 74.3 cm³/mol. The largest absolute Gasteiger partial charge is 0.489 e. The van der Waals surface area contributed by atoms with Gasteiger partial charge < -0.3 is 15.2 Å². The molecule has 0 bridgehead atoms. The first-order valence-electron chi connectivity index (χ1n) is 6.93. The zero-order valence-corrected chi connectivity index (χ0v) is 11.5. The van der Waals surface area contributed by atoms with Gasteiger partial charge in [-0.15, -0.1) is 0 Å². The number of aromatic nitrogens is 1. The van der Waals surface area contributed by atoms with Gasteiger partial charge in [-0.3, -0.25) is 9.88 Å². The van der Waals surface area contributed by atoms with E-state index >= 15 is 0 Å². The van der Waals surface area contributed by atoms with Gasteiger partial charge >= 0.3 is 0 Å². The summed E-state index contributed by atoms with van der Waals surface area (Å²) in [6.45, 7) is 7.18. The minimum atomic E-state index is 0.150. The average molecular weight is 265 g/mol. The summed E-state index contributed by atoms with van der Waals surface area (Å²) in [5, 5.41) is 0. The molecule has 106 valence electrons. The van der Waals surface area contributed by atoms with Crippen LogP contribution in [0.4, 0.5) is 0 Å². The first kappa shape index (κ1) is 14.2. The minimum absolute atomic E-state index is 0.150. The Kier molecular flexibility index (Phi) is 5.57. The topological polar surface area (TPSA) is 60.6 Å². The normalized spacial score (nSPS) is 20.4. The lowest BCUT2D eigenvalue weighted by molar-refractivity contribution is -0.0464. The lowest BCUT2D eigenvalue weighted by Gasteiger charge is -2.31. The Morgan fingerprint density at radius 1 is 1.53 bits per heavy atom. The Bertz CT molecular complexity index is 369. The Morgan fingerprint density at radius 3 is 3.11 bits per heavy atom. The molecule has 1 aromatic rings. The second-order valence-corrected chi connectivity index (χ2v) is 4.72. The zero-order valence-electron chi connectivity index (χ0n) is 11.5. The minimum Gasteiger partial charge on any atom is -0.489 e. The van der Waals surface area contributed by atoms with Crippen LogP contribution in [0.5, 0.6) is 5.75 Å². The number of nitrogens with two attached hydrogens (primary N) is 1. The molecule has 2 heterocycles. The van der Waals surface area contributed by atoms with Gasteiger partial charge in [0.15, 0.2) is 0 Å². The molecular formula is C14H23N3O2. The molecule has 19 heavy (non-hydrogen) atoms. The second-order valence-electron chi connectivity index (χ2n) is 4.72. The van der Waals surface area contributed by atoms with Crippen LogP contribution in [-0.4, -0.2) is 55.4 Å². The maximum Gasteiger partial charge on any atom is 0.137 e. The number of ether oxygens (including phenoxy) is 2. The molecule has 1 aromatic heterocycles. The van der Waals surface area contributed by atoms with E-state index in [1.807, 2.05) is 12.1 Å². The number of nitrogens with zero attached hydrogens (tertiary/aromatic N) is 2. The molecule has 0 radical (unpaired) electrons. The quantitative estimate of drug-likeness (QED) is 0.819. The summed E-state index contributed by atoms with van der Waals surface area (Å²) in [7, 11) is 0. The third-order valence-electron chi connectivity index (χ3n) is 3.30. The van der Waals surface area contributed by atoms with Crippen LogP contribution in [0.1, 0.15) is 12.6 Å². The van der Waals surface area contributed by atoms with E-state index in [0.717, 1.165) is 44.1 Å². The van der Waals surface area contributed by atoms with Gasteiger partial charge in [0.05, 0.1) is 12.8 Å². The van der Waals surface area contributed by atoms with E-state index in [-0.39, 0.29) is 6.10 Å². The van der Waals surface area contributed by atoms with E-state index in [4.69, 9.17) is 15.2 Å². The van der Waals surface area contributed by atoms with Gasteiger partial charge in [0.2, 0.25) is 0 Å². The van der Waals surface area contributed by atoms with Crippen LogP contribution < -0.4 is 10.5 Å². The van der Waals surface area contributed by atoms with Crippen molar-refractivity contribution in [3.8, 4) is 5.75 Å². The van der Waals surface area contributed by atoms with Crippen LogP contribution in [0.3, 0.4) is 0 Å². The summed E-state index contributed by atoms with van der Waals surface area (Å²) >= 11 is 0. The van der Waals surface area contributed by atoms with Crippen molar-refractivity contribution in [3.63, 3.8) is 0 Å². The van der Waals surface area contributed by atoms with Crippen molar-refractivity contribution < 1.29 is 9.47 Å². The number of rotatable bonds is 6. The first-order valence-corrected chi connectivity index (χ1v) is 6.93. The van der Waals surface area contributed by atoms with Gasteiger partial charge in [0.25, 0.3) is 0 Å². The van der Waals surface area contributed by atoms with E-state index in [9.17, 15) is 0 Å². The number of pyridine rings is 1. The third kappa shape index (κ3) is 4.45. The molecule has 0 aliphatic carbocycles. The lowest BCUT2D eigenvalue weighted by atomic mass is 10.2. The van der Waals surface area contributed by atoms with Crippen LogP contribution in [0, 0.1) is 0 Å². The Balaban J connectivity index is 1.78. The molecule has 1 aliphatic heterocycles. The molecule has 1 atom stereocenters. The van der Waals surface area contributed by atoms with Crippen LogP contribution >= 0.6 is 0 Å². The number of hydrogen-bond donors (Lipinski definition) is 1. The summed E-state index contributed by atoms with van der Waals surface area (Å²) in [5.74, 6) is 0.790. The Hall–Kier alpha value is -1.17. The maximum absolute atomic E-state index is 5.73. The van der Waals surface area contributed by atoms with Crippen molar-refractivity contribution in [1.29, 1.82) is 0 Å². The number of morpholine rings is 1. The van der Waals surface area contributed by atoms with E-state index in [0.29, 0.717) is 13.2 Å². The highest BCUT2D eigenvalue weighted by Gasteiger charge is 2.19. The number of likely N-dealkylation sites (N-methyl/N-ethyl adjacent to an activating group) is 1. The van der Waals surface area contributed by atoms with Crippen molar-refractivity contribution in [1.82, 2.24) is 9.88 Å². The third-order valence-corrected chi connectivity index (χ3v) is 3.30. The monoisotopic (exact) mass is 265 g/mol. The highest BCUT2D eigenvalue weighted by Crippen LogP contribution is 2.12. The summed E-state index contributed by atoms with van der Waals surface area (Å²) in [6, 6.07) is 3.90. The van der Waals surface area contributed by atoms with Gasteiger partial charge in [-0.2, -0.15) is 0 Å². The van der Waals surface area contributed by atoms with Crippen LogP contribution in [0.2, 0.25) is 0 Å². The van der Waals surface area contributed by atoms with Crippen molar-refractivity contribution in [2.75, 3.05) is 39.4 Å². The van der Waals surface area contributed by atoms with Crippen molar-refractivity contribution >= 4 is 0 Å². The summed E-state index contributed by atoms with van der Waals surface area (Å²) < 4.78 is 11.4. The van der Waals surface area contributed by atoms with Gasteiger partial charge in [-0.25, -0.2) is 0 Å². The van der Waals surface area contributed by atoms with E-state index in [2.05, 4.69) is 16.8 Å². The molecule has 2 rings (SSSR count). The molecular weight excluding hydrogens is 242 g/mol. The molecule has 5 nitrogen and oxygen atoms in total. The van der Waals surface area contributed by atoms with Gasteiger partial charge in [0.1, 0.15) is 18.5 Å². The number of hydrogen-bond acceptors (Lipinski definition) is 5. The highest BCUT2D eigenvalue weighted by atomic mass is 16.5. The fourth-order valence-electron chi connectivity index (χ4n) is 2.15. The van der Waals surface area contributed by atoms with E-state index < -0.39 is 0 Å². The highest BCUT2D eigenvalue weighted by molar-refractivity contribution is 5.20. The second kappa shape index (κ2) is 7.43. The molecule has 1 fully saturated rings. The molecule has 0 saturated carbocycles. The Morgan fingerprint density at radius 2 is 2.42 bits per heavy atom. The standard InChI is InChI=1S/C14H23N3O2/c1-2-17-7-8-18-14(10-17)11-19-13-4-3-12(5-6-15)16-9-13/h3-4,9,14H,2,5-8,10-11,15H2,1H3. The van der Waals surface area contributed by atoms with Crippen LogP contribution in [0.15, 0.2) is 18.3 Å². The lowest BCUT2D eigenvalue weighted by Crippen LogP contribution is -2.44. The smallest absolute Gasteiger partial charge is 0.137 e. The zero-order chi connectivity index (χ0) is 13.5. The fourth-order valence-corrected chi connectivity index (χ4v) is 2.15. The van der Waals surface area contributed by atoms with Crippen LogP contribution in [0.25, 0.3) is 0 Å². The average Bonchev–Trinajstić information content (AvgIpc) is 2.47. The van der Waals surface area contributed by atoms with Gasteiger partial charge in [-0.1, -0.05) is 6.92 Å². The van der Waals surface area contributed by atoms with Gasteiger partial charge in [0, 0.05) is 25.2 Å². The van der Waals surface area contributed by atoms with Crippen LogP contribution in [-0.2, 0) is 11.2 Å².